The van der Waals surface area contributed by atoms with Gasteiger partial charge in [0.15, 0.2) is 0 Å². The van der Waals surface area contributed by atoms with Gasteiger partial charge in [-0.1, -0.05) is 13.8 Å². The van der Waals surface area contributed by atoms with E-state index in [0.717, 1.165) is 12.8 Å². The molecule has 0 saturated heterocycles. The van der Waals surface area contributed by atoms with Crippen LogP contribution in [0.2, 0.25) is 0 Å². The lowest BCUT2D eigenvalue weighted by Gasteiger charge is -2.30. The van der Waals surface area contributed by atoms with Crippen molar-refractivity contribution in [3.63, 3.8) is 0 Å². The standard InChI is InChI=1S/C13H24N4O2/c1-5-10(6-2)17(7-8-18)13(19)12-11(14)9(3)15-16(12)4/h10,18H,5-8,14H2,1-4H3. The zero-order chi connectivity index (χ0) is 14.6. The molecule has 6 heteroatoms. The van der Waals surface area contributed by atoms with Gasteiger partial charge in [-0.3, -0.25) is 9.48 Å². The Morgan fingerprint density at radius 2 is 2.05 bits per heavy atom. The molecule has 6 nitrogen and oxygen atoms in total. The zero-order valence-electron chi connectivity index (χ0n) is 12.2. The predicted octanol–water partition coefficient (Wildman–Crippen LogP) is 0.934. The topological polar surface area (TPSA) is 84.4 Å². The van der Waals surface area contributed by atoms with Crippen molar-refractivity contribution in [2.45, 2.75) is 39.7 Å². The van der Waals surface area contributed by atoms with Crippen molar-refractivity contribution in [3.8, 4) is 0 Å². The molecule has 3 N–H and O–H groups in total. The van der Waals surface area contributed by atoms with Crippen molar-refractivity contribution in [3.05, 3.63) is 11.4 Å². The maximum atomic E-state index is 12.6. The Balaban J connectivity index is 3.12. The van der Waals surface area contributed by atoms with Gasteiger partial charge >= 0.3 is 0 Å². The fraction of sp³-hybridized carbons (Fsp3) is 0.692. The van der Waals surface area contributed by atoms with Crippen LogP contribution in [0, 0.1) is 6.92 Å². The molecule has 0 bridgehead atoms. The van der Waals surface area contributed by atoms with E-state index in [9.17, 15) is 4.79 Å². The van der Waals surface area contributed by atoms with Crippen molar-refractivity contribution in [1.82, 2.24) is 14.7 Å². The SMILES string of the molecule is CCC(CC)N(CCO)C(=O)c1c(N)c(C)nn1C. The van der Waals surface area contributed by atoms with E-state index < -0.39 is 0 Å². The summed E-state index contributed by atoms with van der Waals surface area (Å²) >= 11 is 0. The summed E-state index contributed by atoms with van der Waals surface area (Å²) in [5.41, 5.74) is 7.40. The van der Waals surface area contributed by atoms with Crippen molar-refractivity contribution >= 4 is 11.6 Å². The highest BCUT2D eigenvalue weighted by Crippen LogP contribution is 2.20. The molecule has 1 aromatic heterocycles. The first kappa shape index (κ1) is 15.5. The number of hydrogen-bond donors (Lipinski definition) is 2. The molecule has 1 heterocycles. The third-order valence-corrected chi connectivity index (χ3v) is 3.46. The highest BCUT2D eigenvalue weighted by molar-refractivity contribution is 5.98. The van der Waals surface area contributed by atoms with Crippen LogP contribution < -0.4 is 5.73 Å². The van der Waals surface area contributed by atoms with Gasteiger partial charge in [0.25, 0.3) is 5.91 Å². The minimum atomic E-state index is -0.164. The summed E-state index contributed by atoms with van der Waals surface area (Å²) in [5, 5.41) is 13.3. The first-order valence-corrected chi connectivity index (χ1v) is 6.68. The van der Waals surface area contributed by atoms with Crippen LogP contribution in [0.25, 0.3) is 0 Å². The number of nitrogen functional groups attached to an aromatic ring is 1. The fourth-order valence-electron chi connectivity index (χ4n) is 2.35. The van der Waals surface area contributed by atoms with Crippen LogP contribution in [-0.2, 0) is 7.05 Å². The zero-order valence-corrected chi connectivity index (χ0v) is 12.2. The number of anilines is 1. The van der Waals surface area contributed by atoms with Crippen molar-refractivity contribution in [1.29, 1.82) is 0 Å². The first-order valence-electron chi connectivity index (χ1n) is 6.68. The normalized spacial score (nSPS) is 11.1. The molecule has 108 valence electrons. The van der Waals surface area contributed by atoms with Gasteiger partial charge in [-0.15, -0.1) is 0 Å². The summed E-state index contributed by atoms with van der Waals surface area (Å²) in [6, 6.07) is 0.106. The van der Waals surface area contributed by atoms with E-state index in [0.29, 0.717) is 23.6 Å². The number of aromatic nitrogens is 2. The summed E-state index contributed by atoms with van der Waals surface area (Å²) in [5.74, 6) is -0.164. The number of carbonyl (C=O) groups excluding carboxylic acids is 1. The minimum absolute atomic E-state index is 0.0566. The molecule has 0 spiro atoms. The Labute approximate surface area is 114 Å². The molecule has 0 aliphatic rings. The third kappa shape index (κ3) is 3.07. The molecule has 1 aromatic rings. The molecular formula is C13H24N4O2. The predicted molar refractivity (Wildman–Crippen MR) is 74.8 cm³/mol. The Morgan fingerprint density at radius 3 is 2.42 bits per heavy atom. The number of aliphatic hydroxyl groups excluding tert-OH is 1. The second-order valence-corrected chi connectivity index (χ2v) is 4.66. The number of amides is 1. The molecule has 0 aliphatic heterocycles. The average molecular weight is 268 g/mol. The molecule has 0 aromatic carbocycles. The summed E-state index contributed by atoms with van der Waals surface area (Å²) in [6.45, 7) is 6.10. The highest BCUT2D eigenvalue weighted by atomic mass is 16.3. The Hall–Kier alpha value is -1.56. The van der Waals surface area contributed by atoms with Crippen molar-refractivity contribution in [2.75, 3.05) is 18.9 Å². The Bertz CT molecular complexity index is 438. The van der Waals surface area contributed by atoms with Crippen LogP contribution in [0.4, 0.5) is 5.69 Å². The van der Waals surface area contributed by atoms with E-state index in [4.69, 9.17) is 10.8 Å². The van der Waals surface area contributed by atoms with Crippen LogP contribution in [0.1, 0.15) is 42.9 Å². The largest absolute Gasteiger partial charge is 0.395 e. The molecule has 0 atom stereocenters. The van der Waals surface area contributed by atoms with Gasteiger partial charge in [-0.05, 0) is 19.8 Å². The summed E-state index contributed by atoms with van der Waals surface area (Å²) in [4.78, 5) is 14.3. The number of aryl methyl sites for hydroxylation is 2. The molecule has 0 saturated carbocycles. The first-order chi connectivity index (χ1) is 8.97. The smallest absolute Gasteiger partial charge is 0.274 e. The number of nitrogens with zero attached hydrogens (tertiary/aromatic N) is 3. The molecular weight excluding hydrogens is 244 g/mol. The van der Waals surface area contributed by atoms with Crippen LogP contribution in [0.3, 0.4) is 0 Å². The Morgan fingerprint density at radius 1 is 1.47 bits per heavy atom. The monoisotopic (exact) mass is 268 g/mol. The lowest BCUT2D eigenvalue weighted by Crippen LogP contribution is -2.42. The third-order valence-electron chi connectivity index (χ3n) is 3.46. The number of rotatable bonds is 6. The van der Waals surface area contributed by atoms with E-state index in [-0.39, 0.29) is 18.6 Å². The molecule has 1 rings (SSSR count). The van der Waals surface area contributed by atoms with Gasteiger partial charge in [-0.25, -0.2) is 0 Å². The van der Waals surface area contributed by atoms with Crippen LogP contribution in [0.5, 0.6) is 0 Å². The molecule has 19 heavy (non-hydrogen) atoms. The van der Waals surface area contributed by atoms with E-state index in [1.54, 1.807) is 18.9 Å². The van der Waals surface area contributed by atoms with Gasteiger partial charge < -0.3 is 15.7 Å². The molecule has 1 amide bonds. The molecule has 0 unspecified atom stereocenters. The lowest BCUT2D eigenvalue weighted by atomic mass is 10.1. The summed E-state index contributed by atoms with van der Waals surface area (Å²) < 4.78 is 1.51. The van der Waals surface area contributed by atoms with Gasteiger partial charge in [0.05, 0.1) is 18.0 Å². The summed E-state index contributed by atoms with van der Waals surface area (Å²) in [6.07, 6.45) is 1.69. The van der Waals surface area contributed by atoms with E-state index in [1.165, 1.54) is 4.68 Å². The Kier molecular flexibility index (Phi) is 5.35. The maximum absolute atomic E-state index is 12.6. The molecule has 0 aliphatic carbocycles. The number of aliphatic hydroxyl groups is 1. The molecule has 0 fully saturated rings. The quantitative estimate of drug-likeness (QED) is 0.804. The van der Waals surface area contributed by atoms with Gasteiger partial charge in [-0.2, -0.15) is 5.10 Å². The number of carbonyl (C=O) groups is 1. The van der Waals surface area contributed by atoms with Gasteiger partial charge in [0, 0.05) is 19.6 Å². The maximum Gasteiger partial charge on any atom is 0.274 e. The minimum Gasteiger partial charge on any atom is -0.395 e. The average Bonchev–Trinajstić information content (AvgIpc) is 2.63. The van der Waals surface area contributed by atoms with E-state index >= 15 is 0 Å². The van der Waals surface area contributed by atoms with Gasteiger partial charge in [0.1, 0.15) is 5.69 Å². The lowest BCUT2D eigenvalue weighted by molar-refractivity contribution is 0.0612. The van der Waals surface area contributed by atoms with Crippen LogP contribution in [0.15, 0.2) is 0 Å². The number of hydrogen-bond acceptors (Lipinski definition) is 4. The number of nitrogens with two attached hydrogens (primary N) is 1. The fourth-order valence-corrected chi connectivity index (χ4v) is 2.35. The second-order valence-electron chi connectivity index (χ2n) is 4.66. The van der Waals surface area contributed by atoms with E-state index in [1.807, 2.05) is 13.8 Å². The molecule has 0 radical (unpaired) electrons. The summed E-state index contributed by atoms with van der Waals surface area (Å²) in [7, 11) is 1.71. The van der Waals surface area contributed by atoms with E-state index in [2.05, 4.69) is 5.10 Å². The highest BCUT2D eigenvalue weighted by Gasteiger charge is 2.27. The van der Waals surface area contributed by atoms with Crippen molar-refractivity contribution in [2.24, 2.45) is 7.05 Å². The van der Waals surface area contributed by atoms with Gasteiger partial charge in [0.2, 0.25) is 0 Å². The second kappa shape index (κ2) is 6.56. The van der Waals surface area contributed by atoms with Crippen LogP contribution in [-0.4, -0.2) is 44.9 Å². The van der Waals surface area contributed by atoms with Crippen LogP contribution >= 0.6 is 0 Å². The van der Waals surface area contributed by atoms with Crippen molar-refractivity contribution < 1.29 is 9.90 Å².